The van der Waals surface area contributed by atoms with Gasteiger partial charge in [-0.05, 0) is 32.4 Å². The highest BCUT2D eigenvalue weighted by Crippen LogP contribution is 2.07. The molecule has 0 amide bonds. The number of rotatable bonds is 2. The van der Waals surface area contributed by atoms with Crippen molar-refractivity contribution < 1.29 is 0 Å². The number of likely N-dealkylation sites (N-methyl/N-ethyl adjacent to an activating group) is 1. The lowest BCUT2D eigenvalue weighted by Gasteiger charge is -2.19. The lowest BCUT2D eigenvalue weighted by molar-refractivity contribution is 0.288. The molecule has 1 aliphatic rings. The molecule has 1 heterocycles. The summed E-state index contributed by atoms with van der Waals surface area (Å²) < 4.78 is 0. The molecule has 13 heavy (non-hydrogen) atoms. The highest BCUT2D eigenvalue weighted by Gasteiger charge is 2.09. The van der Waals surface area contributed by atoms with E-state index >= 15 is 0 Å². The van der Waals surface area contributed by atoms with Crippen molar-refractivity contribution in [1.29, 1.82) is 0 Å². The fourth-order valence-electron chi connectivity index (χ4n) is 2.03. The van der Waals surface area contributed by atoms with Gasteiger partial charge in [-0.3, -0.25) is 0 Å². The molecule has 1 fully saturated rings. The number of hydrogen-bond donors (Lipinski definition) is 1. The molecule has 0 bridgehead atoms. The van der Waals surface area contributed by atoms with Gasteiger partial charge in [0, 0.05) is 19.1 Å². The van der Waals surface area contributed by atoms with Crippen molar-refractivity contribution in [3.05, 3.63) is 0 Å². The van der Waals surface area contributed by atoms with Crippen LogP contribution in [0.1, 0.15) is 39.5 Å². The summed E-state index contributed by atoms with van der Waals surface area (Å²) in [4.78, 5) is 2.55. The monoisotopic (exact) mass is 184 g/mol. The van der Waals surface area contributed by atoms with Crippen LogP contribution in [0, 0.1) is 0 Å². The Hall–Kier alpha value is -0.0800. The molecular formula is C11H24N2. The van der Waals surface area contributed by atoms with Crippen molar-refractivity contribution in [1.82, 2.24) is 10.2 Å². The summed E-state index contributed by atoms with van der Waals surface area (Å²) in [6, 6.07) is 0.775. The van der Waals surface area contributed by atoms with E-state index in [-0.39, 0.29) is 0 Å². The lowest BCUT2D eigenvalue weighted by atomic mass is 10.1. The summed E-state index contributed by atoms with van der Waals surface area (Å²) in [6.07, 6.45) is 5.42. The van der Waals surface area contributed by atoms with Crippen LogP contribution in [0.25, 0.3) is 0 Å². The van der Waals surface area contributed by atoms with Gasteiger partial charge in [0.15, 0.2) is 0 Å². The maximum absolute atomic E-state index is 3.63. The molecule has 0 spiro atoms. The van der Waals surface area contributed by atoms with Crippen molar-refractivity contribution in [3.63, 3.8) is 0 Å². The molecule has 0 aliphatic carbocycles. The largest absolute Gasteiger partial charge is 0.313 e. The Morgan fingerprint density at radius 1 is 1.23 bits per heavy atom. The second-order valence-electron chi connectivity index (χ2n) is 3.99. The van der Waals surface area contributed by atoms with E-state index in [1.807, 2.05) is 0 Å². The summed E-state index contributed by atoms with van der Waals surface area (Å²) in [6.45, 7) is 9.45. The maximum Gasteiger partial charge on any atom is 0.0107 e. The molecular weight excluding hydrogens is 160 g/mol. The molecule has 1 aliphatic heterocycles. The third-order valence-corrected chi connectivity index (χ3v) is 3.08. The van der Waals surface area contributed by atoms with E-state index in [2.05, 4.69) is 24.1 Å². The molecule has 0 aromatic heterocycles. The molecule has 1 rings (SSSR count). The average Bonchev–Trinajstić information content (AvgIpc) is 2.28. The zero-order valence-electron chi connectivity index (χ0n) is 9.18. The van der Waals surface area contributed by atoms with E-state index in [1.54, 1.807) is 0 Å². The van der Waals surface area contributed by atoms with Gasteiger partial charge in [0.05, 0.1) is 0 Å². The summed E-state index contributed by atoms with van der Waals surface area (Å²) >= 11 is 0. The van der Waals surface area contributed by atoms with Crippen molar-refractivity contribution in [2.45, 2.75) is 45.6 Å². The van der Waals surface area contributed by atoms with E-state index in [9.17, 15) is 0 Å². The predicted molar refractivity (Wildman–Crippen MR) is 58.0 cm³/mol. The Balaban J connectivity index is 2.29. The van der Waals surface area contributed by atoms with Gasteiger partial charge in [0.2, 0.25) is 0 Å². The minimum absolute atomic E-state index is 0.775. The predicted octanol–water partition coefficient (Wildman–Crippen LogP) is 1.86. The minimum Gasteiger partial charge on any atom is -0.313 e. The zero-order chi connectivity index (χ0) is 9.52. The van der Waals surface area contributed by atoms with Gasteiger partial charge in [-0.15, -0.1) is 0 Å². The highest BCUT2D eigenvalue weighted by molar-refractivity contribution is 4.69. The quantitative estimate of drug-likeness (QED) is 0.704. The molecule has 2 heteroatoms. The van der Waals surface area contributed by atoms with E-state index in [1.165, 1.54) is 51.9 Å². The SMILES string of the molecule is CCC1CCCCN(CC)CCN1. The van der Waals surface area contributed by atoms with Crippen LogP contribution in [0.2, 0.25) is 0 Å². The molecule has 0 saturated carbocycles. The van der Waals surface area contributed by atoms with Gasteiger partial charge < -0.3 is 10.2 Å². The van der Waals surface area contributed by atoms with Gasteiger partial charge in [0.25, 0.3) is 0 Å². The molecule has 2 nitrogen and oxygen atoms in total. The van der Waals surface area contributed by atoms with Crippen molar-refractivity contribution in [2.75, 3.05) is 26.2 Å². The van der Waals surface area contributed by atoms with Crippen molar-refractivity contribution in [2.24, 2.45) is 0 Å². The number of hydrogen-bond acceptors (Lipinski definition) is 2. The smallest absolute Gasteiger partial charge is 0.0107 e. The Kier molecular flexibility index (Phi) is 5.40. The lowest BCUT2D eigenvalue weighted by Crippen LogP contribution is -2.35. The summed E-state index contributed by atoms with van der Waals surface area (Å²) in [7, 11) is 0. The van der Waals surface area contributed by atoms with Crippen LogP contribution in [-0.4, -0.2) is 37.1 Å². The molecule has 1 unspecified atom stereocenters. The van der Waals surface area contributed by atoms with Crippen molar-refractivity contribution >= 4 is 0 Å². The van der Waals surface area contributed by atoms with Crippen LogP contribution < -0.4 is 5.32 Å². The van der Waals surface area contributed by atoms with Crippen LogP contribution >= 0.6 is 0 Å². The molecule has 0 aromatic carbocycles. The molecule has 0 aromatic rings. The second-order valence-corrected chi connectivity index (χ2v) is 3.99. The van der Waals surface area contributed by atoms with Crippen LogP contribution in [0.3, 0.4) is 0 Å². The molecule has 1 saturated heterocycles. The highest BCUT2D eigenvalue weighted by atomic mass is 15.1. The van der Waals surface area contributed by atoms with Gasteiger partial charge >= 0.3 is 0 Å². The van der Waals surface area contributed by atoms with Gasteiger partial charge in [-0.1, -0.05) is 20.3 Å². The summed E-state index contributed by atoms with van der Waals surface area (Å²) in [5.41, 5.74) is 0. The average molecular weight is 184 g/mol. The van der Waals surface area contributed by atoms with Crippen LogP contribution in [0.4, 0.5) is 0 Å². The standard InChI is InChI=1S/C11H24N2/c1-3-11-7-5-6-9-13(4-2)10-8-12-11/h11-12H,3-10H2,1-2H3. The van der Waals surface area contributed by atoms with Crippen LogP contribution in [0.15, 0.2) is 0 Å². The Bertz CT molecular complexity index is 111. The molecule has 1 atom stereocenters. The van der Waals surface area contributed by atoms with E-state index in [0.29, 0.717) is 0 Å². The Morgan fingerprint density at radius 3 is 2.77 bits per heavy atom. The van der Waals surface area contributed by atoms with Crippen LogP contribution in [0.5, 0.6) is 0 Å². The normalized spacial score (nSPS) is 27.7. The first-order valence-electron chi connectivity index (χ1n) is 5.82. The second kappa shape index (κ2) is 6.39. The first-order chi connectivity index (χ1) is 6.36. The first kappa shape index (κ1) is 11.0. The maximum atomic E-state index is 3.63. The van der Waals surface area contributed by atoms with E-state index < -0.39 is 0 Å². The van der Waals surface area contributed by atoms with Crippen molar-refractivity contribution in [3.8, 4) is 0 Å². The van der Waals surface area contributed by atoms with E-state index in [4.69, 9.17) is 0 Å². The molecule has 1 N–H and O–H groups in total. The summed E-state index contributed by atoms with van der Waals surface area (Å²) in [5, 5.41) is 3.63. The fraction of sp³-hybridized carbons (Fsp3) is 1.00. The number of nitrogens with zero attached hydrogens (tertiary/aromatic N) is 1. The van der Waals surface area contributed by atoms with E-state index in [0.717, 1.165) is 6.04 Å². The fourth-order valence-corrected chi connectivity index (χ4v) is 2.03. The minimum atomic E-state index is 0.775. The molecule has 0 radical (unpaired) electrons. The van der Waals surface area contributed by atoms with Crippen LogP contribution in [-0.2, 0) is 0 Å². The topological polar surface area (TPSA) is 15.3 Å². The third-order valence-electron chi connectivity index (χ3n) is 3.08. The van der Waals surface area contributed by atoms with Gasteiger partial charge in [-0.25, -0.2) is 0 Å². The molecule has 78 valence electrons. The third kappa shape index (κ3) is 4.10. The summed E-state index contributed by atoms with van der Waals surface area (Å²) in [5.74, 6) is 0. The van der Waals surface area contributed by atoms with Gasteiger partial charge in [0.1, 0.15) is 0 Å². The Labute approximate surface area is 82.7 Å². The zero-order valence-corrected chi connectivity index (χ0v) is 9.18. The number of nitrogens with one attached hydrogen (secondary N) is 1. The Morgan fingerprint density at radius 2 is 2.08 bits per heavy atom. The van der Waals surface area contributed by atoms with Gasteiger partial charge in [-0.2, -0.15) is 0 Å². The first-order valence-corrected chi connectivity index (χ1v) is 5.82.